The van der Waals surface area contributed by atoms with Gasteiger partial charge in [-0.25, -0.2) is 0 Å². The zero-order chi connectivity index (χ0) is 12.0. The minimum absolute atomic E-state index is 0.178. The number of nitrogens with two attached hydrogens (primary N) is 1. The summed E-state index contributed by atoms with van der Waals surface area (Å²) in [5.74, 6) is 0. The highest BCUT2D eigenvalue weighted by atomic mass is 35.5. The maximum absolute atomic E-state index is 6.16. The average molecular weight is 248 g/mol. The molecule has 0 amide bonds. The summed E-state index contributed by atoms with van der Waals surface area (Å²) in [5, 5.41) is 5.25. The molecule has 1 fully saturated rings. The van der Waals surface area contributed by atoms with Gasteiger partial charge >= 0.3 is 0 Å². The maximum Gasteiger partial charge on any atom is 0.0829 e. The van der Waals surface area contributed by atoms with Gasteiger partial charge in [-0.05, 0) is 36.6 Å². The highest BCUT2D eigenvalue weighted by Gasteiger charge is 2.42. The molecule has 1 aromatic heterocycles. The zero-order valence-corrected chi connectivity index (χ0v) is 10.4. The van der Waals surface area contributed by atoms with Crippen molar-refractivity contribution < 1.29 is 0 Å². The largest absolute Gasteiger partial charge is 0.320 e. The Morgan fingerprint density at radius 1 is 1.29 bits per heavy atom. The second-order valence-electron chi connectivity index (χ2n) is 4.70. The Kier molecular flexibility index (Phi) is 2.28. The second kappa shape index (κ2) is 3.59. The molecule has 1 aliphatic rings. The molecule has 1 aromatic carbocycles. The highest BCUT2D eigenvalue weighted by molar-refractivity contribution is 6.30. The first-order valence-electron chi connectivity index (χ1n) is 5.68. The summed E-state index contributed by atoms with van der Waals surface area (Å²) in [4.78, 5) is 0. The number of benzene rings is 1. The lowest BCUT2D eigenvalue weighted by molar-refractivity contribution is 0.661. The third kappa shape index (κ3) is 1.85. The van der Waals surface area contributed by atoms with Gasteiger partial charge in [0.1, 0.15) is 0 Å². The van der Waals surface area contributed by atoms with Crippen LogP contribution in [0.25, 0.3) is 11.3 Å². The van der Waals surface area contributed by atoms with E-state index in [0.29, 0.717) is 0 Å². The molecule has 0 unspecified atom stereocenters. The van der Waals surface area contributed by atoms with Crippen molar-refractivity contribution >= 4 is 11.6 Å². The topological polar surface area (TPSA) is 43.8 Å². The molecule has 2 aromatic rings. The van der Waals surface area contributed by atoms with Crippen LogP contribution in [0, 0.1) is 0 Å². The van der Waals surface area contributed by atoms with E-state index >= 15 is 0 Å². The van der Waals surface area contributed by atoms with E-state index in [2.05, 4.69) is 11.2 Å². The summed E-state index contributed by atoms with van der Waals surface area (Å²) in [6.45, 7) is 0. The number of hydrogen-bond acceptors (Lipinski definition) is 2. The first kappa shape index (κ1) is 10.8. The summed E-state index contributed by atoms with van der Waals surface area (Å²) in [6, 6.07) is 9.85. The van der Waals surface area contributed by atoms with Crippen molar-refractivity contribution in [2.45, 2.75) is 18.4 Å². The van der Waals surface area contributed by atoms with Gasteiger partial charge in [-0.15, -0.1) is 0 Å². The Morgan fingerprint density at radius 3 is 2.53 bits per heavy atom. The van der Waals surface area contributed by atoms with Gasteiger partial charge < -0.3 is 5.73 Å². The number of aromatic nitrogens is 2. The van der Waals surface area contributed by atoms with E-state index in [4.69, 9.17) is 17.3 Å². The van der Waals surface area contributed by atoms with Crippen LogP contribution in [-0.4, -0.2) is 9.78 Å². The lowest BCUT2D eigenvalue weighted by atomic mass is 10.1. The third-order valence-corrected chi connectivity index (χ3v) is 3.57. The molecule has 1 aliphatic carbocycles. The molecule has 2 N–H and O–H groups in total. The van der Waals surface area contributed by atoms with Crippen molar-refractivity contribution in [1.82, 2.24) is 9.78 Å². The molecule has 0 saturated heterocycles. The Bertz CT molecular complexity index is 553. The molecule has 17 heavy (non-hydrogen) atoms. The Balaban J connectivity index is 2.03. The van der Waals surface area contributed by atoms with Crippen LogP contribution in [0.2, 0.25) is 5.02 Å². The lowest BCUT2D eigenvalue weighted by Gasteiger charge is -2.01. The van der Waals surface area contributed by atoms with Crippen molar-refractivity contribution in [1.29, 1.82) is 0 Å². The molecular formula is C13H14ClN3. The SMILES string of the molecule is Cn1nc(C2(N)CC2)cc1-c1ccc(Cl)cc1. The fourth-order valence-electron chi connectivity index (χ4n) is 1.99. The first-order chi connectivity index (χ1) is 8.08. The van der Waals surface area contributed by atoms with Gasteiger partial charge in [-0.2, -0.15) is 5.10 Å². The number of hydrogen-bond donors (Lipinski definition) is 1. The Hall–Kier alpha value is -1.32. The van der Waals surface area contributed by atoms with Crippen LogP contribution in [0.1, 0.15) is 18.5 Å². The number of rotatable bonds is 2. The van der Waals surface area contributed by atoms with Gasteiger partial charge in [0.2, 0.25) is 0 Å². The summed E-state index contributed by atoms with van der Waals surface area (Å²) >= 11 is 5.88. The van der Waals surface area contributed by atoms with Gasteiger partial charge in [-0.1, -0.05) is 23.7 Å². The predicted octanol–water partition coefficient (Wildman–Crippen LogP) is 2.69. The number of nitrogens with zero attached hydrogens (tertiary/aromatic N) is 2. The smallest absolute Gasteiger partial charge is 0.0829 e. The van der Waals surface area contributed by atoms with E-state index in [9.17, 15) is 0 Å². The number of halogens is 1. The van der Waals surface area contributed by atoms with Crippen LogP contribution in [0.3, 0.4) is 0 Å². The van der Waals surface area contributed by atoms with Gasteiger partial charge in [0.25, 0.3) is 0 Å². The summed E-state index contributed by atoms with van der Waals surface area (Å²) < 4.78 is 1.88. The van der Waals surface area contributed by atoms with Crippen LogP contribution < -0.4 is 5.73 Å². The molecule has 0 atom stereocenters. The molecule has 4 heteroatoms. The van der Waals surface area contributed by atoms with Crippen molar-refractivity contribution in [2.75, 3.05) is 0 Å². The van der Waals surface area contributed by atoms with E-state index in [1.54, 1.807) is 0 Å². The molecule has 88 valence electrons. The molecular weight excluding hydrogens is 234 g/mol. The van der Waals surface area contributed by atoms with Crippen molar-refractivity contribution in [2.24, 2.45) is 12.8 Å². The normalized spacial score (nSPS) is 17.1. The fourth-order valence-corrected chi connectivity index (χ4v) is 2.12. The van der Waals surface area contributed by atoms with Crippen LogP contribution in [0.4, 0.5) is 0 Å². The minimum atomic E-state index is -0.178. The van der Waals surface area contributed by atoms with Gasteiger partial charge in [0.15, 0.2) is 0 Å². The highest BCUT2D eigenvalue weighted by Crippen LogP contribution is 2.42. The van der Waals surface area contributed by atoms with E-state index in [-0.39, 0.29) is 5.54 Å². The zero-order valence-electron chi connectivity index (χ0n) is 9.65. The average Bonchev–Trinajstić information content (AvgIpc) is 2.93. The van der Waals surface area contributed by atoms with Gasteiger partial charge in [-0.3, -0.25) is 4.68 Å². The van der Waals surface area contributed by atoms with Gasteiger partial charge in [0.05, 0.1) is 16.9 Å². The van der Waals surface area contributed by atoms with Crippen molar-refractivity contribution in [3.05, 3.63) is 41.0 Å². The monoisotopic (exact) mass is 247 g/mol. The third-order valence-electron chi connectivity index (χ3n) is 3.32. The quantitative estimate of drug-likeness (QED) is 0.887. The second-order valence-corrected chi connectivity index (χ2v) is 5.14. The van der Waals surface area contributed by atoms with E-state index in [0.717, 1.165) is 34.8 Å². The first-order valence-corrected chi connectivity index (χ1v) is 6.06. The summed E-state index contributed by atoms with van der Waals surface area (Å²) in [7, 11) is 1.94. The molecule has 0 aliphatic heterocycles. The molecule has 0 spiro atoms. The standard InChI is InChI=1S/C13H14ClN3/c1-17-11(9-2-4-10(14)5-3-9)8-12(16-17)13(15)6-7-13/h2-5,8H,6-7,15H2,1H3. The van der Waals surface area contributed by atoms with E-state index in [1.165, 1.54) is 0 Å². The van der Waals surface area contributed by atoms with Crippen molar-refractivity contribution in [3.8, 4) is 11.3 Å². The van der Waals surface area contributed by atoms with Crippen LogP contribution in [0.15, 0.2) is 30.3 Å². The molecule has 1 heterocycles. The minimum Gasteiger partial charge on any atom is -0.320 e. The lowest BCUT2D eigenvalue weighted by Crippen LogP contribution is -2.19. The number of aryl methyl sites for hydroxylation is 1. The van der Waals surface area contributed by atoms with Gasteiger partial charge in [0, 0.05) is 12.1 Å². The molecule has 3 rings (SSSR count). The Labute approximate surface area is 105 Å². The molecule has 0 bridgehead atoms. The van der Waals surface area contributed by atoms with Crippen LogP contribution >= 0.6 is 11.6 Å². The van der Waals surface area contributed by atoms with E-state index in [1.807, 2.05) is 36.0 Å². The molecule has 3 nitrogen and oxygen atoms in total. The molecule has 0 radical (unpaired) electrons. The fraction of sp³-hybridized carbons (Fsp3) is 0.308. The predicted molar refractivity (Wildman–Crippen MR) is 68.8 cm³/mol. The van der Waals surface area contributed by atoms with Crippen LogP contribution in [-0.2, 0) is 12.6 Å². The molecule has 1 saturated carbocycles. The summed E-state index contributed by atoms with van der Waals surface area (Å²) in [5.41, 5.74) is 9.16. The van der Waals surface area contributed by atoms with Crippen LogP contribution in [0.5, 0.6) is 0 Å². The maximum atomic E-state index is 6.16. The van der Waals surface area contributed by atoms with E-state index < -0.39 is 0 Å². The summed E-state index contributed by atoms with van der Waals surface area (Å²) in [6.07, 6.45) is 2.06. The van der Waals surface area contributed by atoms with Crippen molar-refractivity contribution in [3.63, 3.8) is 0 Å². The Morgan fingerprint density at radius 2 is 1.94 bits per heavy atom.